The fraction of sp³-hybridized carbons (Fsp3) is 0.667. The van der Waals surface area contributed by atoms with Gasteiger partial charge in [-0.3, -0.25) is 9.80 Å². The molecular weight excluding hydrogens is 274 g/mol. The van der Waals surface area contributed by atoms with Gasteiger partial charge in [0.1, 0.15) is 0 Å². The molecule has 3 rings (SSSR count). The van der Waals surface area contributed by atoms with Gasteiger partial charge in [-0.05, 0) is 31.5 Å². The second kappa shape index (κ2) is 7.95. The number of benzene rings is 1. The van der Waals surface area contributed by atoms with E-state index in [1.54, 1.807) is 0 Å². The Labute approximate surface area is 134 Å². The number of para-hydroxylation sites is 1. The van der Waals surface area contributed by atoms with E-state index in [1.165, 1.54) is 51.3 Å². The molecule has 0 saturated carbocycles. The Kier molecular flexibility index (Phi) is 5.70. The van der Waals surface area contributed by atoms with Crippen LogP contribution in [-0.2, 0) is 4.74 Å². The minimum Gasteiger partial charge on any atom is -0.380 e. The third-order valence-electron chi connectivity index (χ3n) is 5.02. The lowest BCUT2D eigenvalue weighted by atomic mass is 10.1. The topological polar surface area (TPSA) is 19.0 Å². The lowest BCUT2D eigenvalue weighted by Gasteiger charge is -2.38. The number of piperazine rings is 1. The smallest absolute Gasteiger partial charge is 0.0698 e. The van der Waals surface area contributed by atoms with Gasteiger partial charge in [0.15, 0.2) is 0 Å². The SMILES string of the molecule is CO[C@@H]1CCCN(CCN2CCN(c3ccccc3)CC2)C1. The van der Waals surface area contributed by atoms with Gasteiger partial charge in [-0.15, -0.1) is 0 Å². The van der Waals surface area contributed by atoms with Crippen LogP contribution in [0.3, 0.4) is 0 Å². The van der Waals surface area contributed by atoms with Crippen LogP contribution in [0.15, 0.2) is 30.3 Å². The van der Waals surface area contributed by atoms with Gasteiger partial charge in [0.05, 0.1) is 6.10 Å². The van der Waals surface area contributed by atoms with Gasteiger partial charge in [-0.2, -0.15) is 0 Å². The summed E-state index contributed by atoms with van der Waals surface area (Å²) in [5, 5.41) is 0. The van der Waals surface area contributed by atoms with Gasteiger partial charge in [0.25, 0.3) is 0 Å². The number of hydrogen-bond donors (Lipinski definition) is 0. The van der Waals surface area contributed by atoms with Gasteiger partial charge >= 0.3 is 0 Å². The zero-order valence-electron chi connectivity index (χ0n) is 13.8. The minimum atomic E-state index is 0.448. The number of anilines is 1. The molecule has 122 valence electrons. The van der Waals surface area contributed by atoms with E-state index in [0.29, 0.717) is 6.10 Å². The van der Waals surface area contributed by atoms with E-state index in [1.807, 2.05) is 7.11 Å². The van der Waals surface area contributed by atoms with E-state index in [0.717, 1.165) is 19.6 Å². The molecule has 0 bridgehead atoms. The Balaban J connectivity index is 1.39. The maximum absolute atomic E-state index is 5.51. The zero-order valence-corrected chi connectivity index (χ0v) is 13.8. The molecule has 0 unspecified atom stereocenters. The quantitative estimate of drug-likeness (QED) is 0.827. The first kappa shape index (κ1) is 15.8. The number of likely N-dealkylation sites (tertiary alicyclic amines) is 1. The Morgan fingerprint density at radius 3 is 2.41 bits per heavy atom. The van der Waals surface area contributed by atoms with Crippen LogP contribution < -0.4 is 4.90 Å². The summed E-state index contributed by atoms with van der Waals surface area (Å²) in [6, 6.07) is 10.8. The molecule has 2 heterocycles. The van der Waals surface area contributed by atoms with E-state index in [4.69, 9.17) is 4.74 Å². The summed E-state index contributed by atoms with van der Waals surface area (Å²) >= 11 is 0. The fourth-order valence-electron chi connectivity index (χ4n) is 3.56. The van der Waals surface area contributed by atoms with Crippen LogP contribution in [0, 0.1) is 0 Å². The van der Waals surface area contributed by atoms with Gasteiger partial charge in [0.2, 0.25) is 0 Å². The number of methoxy groups -OCH3 is 1. The predicted molar refractivity (Wildman–Crippen MR) is 91.6 cm³/mol. The van der Waals surface area contributed by atoms with Gasteiger partial charge < -0.3 is 9.64 Å². The van der Waals surface area contributed by atoms with E-state index in [9.17, 15) is 0 Å². The Hall–Kier alpha value is -1.10. The molecule has 0 N–H and O–H groups in total. The average Bonchev–Trinajstić information content (AvgIpc) is 2.61. The van der Waals surface area contributed by atoms with Crippen molar-refractivity contribution in [3.63, 3.8) is 0 Å². The van der Waals surface area contributed by atoms with Crippen LogP contribution in [0.5, 0.6) is 0 Å². The van der Waals surface area contributed by atoms with Crippen molar-refractivity contribution in [1.29, 1.82) is 0 Å². The number of ether oxygens (including phenoxy) is 1. The van der Waals surface area contributed by atoms with Crippen LogP contribution in [-0.4, -0.2) is 75.4 Å². The Morgan fingerprint density at radius 1 is 0.955 bits per heavy atom. The van der Waals surface area contributed by atoms with Crippen molar-refractivity contribution in [3.05, 3.63) is 30.3 Å². The number of rotatable bonds is 5. The first-order valence-corrected chi connectivity index (χ1v) is 8.62. The molecular formula is C18H29N3O. The summed E-state index contributed by atoms with van der Waals surface area (Å²) in [7, 11) is 1.84. The van der Waals surface area contributed by atoms with Crippen LogP contribution in [0.25, 0.3) is 0 Å². The van der Waals surface area contributed by atoms with Crippen LogP contribution in [0.1, 0.15) is 12.8 Å². The van der Waals surface area contributed by atoms with E-state index in [2.05, 4.69) is 45.0 Å². The molecule has 0 spiro atoms. The maximum Gasteiger partial charge on any atom is 0.0698 e. The number of hydrogen-bond acceptors (Lipinski definition) is 4. The van der Waals surface area contributed by atoms with Crippen LogP contribution in [0.4, 0.5) is 5.69 Å². The molecule has 4 nitrogen and oxygen atoms in total. The van der Waals surface area contributed by atoms with Gasteiger partial charge in [-0.25, -0.2) is 0 Å². The molecule has 1 atom stereocenters. The van der Waals surface area contributed by atoms with Gasteiger partial charge in [0, 0.05) is 58.6 Å². The highest BCUT2D eigenvalue weighted by Crippen LogP contribution is 2.16. The van der Waals surface area contributed by atoms with Gasteiger partial charge in [-0.1, -0.05) is 18.2 Å². The molecule has 1 aromatic rings. The van der Waals surface area contributed by atoms with Crippen molar-refractivity contribution < 1.29 is 4.74 Å². The first-order valence-electron chi connectivity index (χ1n) is 8.62. The molecule has 0 aromatic heterocycles. The van der Waals surface area contributed by atoms with Crippen molar-refractivity contribution in [3.8, 4) is 0 Å². The molecule has 2 saturated heterocycles. The molecule has 1 aromatic carbocycles. The molecule has 0 aliphatic carbocycles. The Bertz CT molecular complexity index is 431. The highest BCUT2D eigenvalue weighted by atomic mass is 16.5. The van der Waals surface area contributed by atoms with E-state index in [-0.39, 0.29) is 0 Å². The number of piperidine rings is 1. The minimum absolute atomic E-state index is 0.448. The highest BCUT2D eigenvalue weighted by molar-refractivity contribution is 5.46. The molecule has 0 amide bonds. The van der Waals surface area contributed by atoms with Crippen LogP contribution >= 0.6 is 0 Å². The third kappa shape index (κ3) is 4.22. The highest BCUT2D eigenvalue weighted by Gasteiger charge is 2.21. The summed E-state index contributed by atoms with van der Waals surface area (Å²) in [6.45, 7) is 9.37. The standard InChI is InChI=1S/C18H29N3O/c1-22-18-8-5-9-20(16-18)11-10-19-12-14-21(15-13-19)17-6-3-2-4-7-17/h2-4,6-7,18H,5,8-16H2,1H3/t18-/m1/s1. The van der Waals surface area contributed by atoms with Crippen LogP contribution in [0.2, 0.25) is 0 Å². The number of nitrogens with zero attached hydrogens (tertiary/aromatic N) is 3. The molecule has 0 radical (unpaired) electrons. The monoisotopic (exact) mass is 303 g/mol. The summed E-state index contributed by atoms with van der Waals surface area (Å²) in [4.78, 5) is 7.68. The molecule has 22 heavy (non-hydrogen) atoms. The second-order valence-corrected chi connectivity index (χ2v) is 6.46. The van der Waals surface area contributed by atoms with Crippen molar-refractivity contribution in [2.24, 2.45) is 0 Å². The third-order valence-corrected chi connectivity index (χ3v) is 5.02. The van der Waals surface area contributed by atoms with Crippen molar-refractivity contribution >= 4 is 5.69 Å². The summed E-state index contributed by atoms with van der Waals surface area (Å²) < 4.78 is 5.51. The van der Waals surface area contributed by atoms with Crippen molar-refractivity contribution in [2.75, 3.05) is 64.4 Å². The molecule has 4 heteroatoms. The maximum atomic E-state index is 5.51. The second-order valence-electron chi connectivity index (χ2n) is 6.46. The summed E-state index contributed by atoms with van der Waals surface area (Å²) in [6.07, 6.45) is 2.95. The largest absolute Gasteiger partial charge is 0.380 e. The van der Waals surface area contributed by atoms with E-state index < -0.39 is 0 Å². The first-order chi connectivity index (χ1) is 10.8. The van der Waals surface area contributed by atoms with Crippen molar-refractivity contribution in [2.45, 2.75) is 18.9 Å². The predicted octanol–water partition coefficient (Wildman–Crippen LogP) is 1.92. The normalized spacial score (nSPS) is 24.6. The fourth-order valence-corrected chi connectivity index (χ4v) is 3.56. The van der Waals surface area contributed by atoms with Crippen molar-refractivity contribution in [1.82, 2.24) is 9.80 Å². The molecule has 2 aliphatic rings. The molecule has 2 aliphatic heterocycles. The van der Waals surface area contributed by atoms with E-state index >= 15 is 0 Å². The Morgan fingerprint density at radius 2 is 1.68 bits per heavy atom. The summed E-state index contributed by atoms with van der Waals surface area (Å²) in [5.74, 6) is 0. The zero-order chi connectivity index (χ0) is 15.2. The lowest BCUT2D eigenvalue weighted by molar-refractivity contribution is 0.0278. The lowest BCUT2D eigenvalue weighted by Crippen LogP contribution is -2.49. The average molecular weight is 303 g/mol. The summed E-state index contributed by atoms with van der Waals surface area (Å²) in [5.41, 5.74) is 1.36. The molecule has 2 fully saturated rings.